The van der Waals surface area contributed by atoms with Crippen molar-refractivity contribution in [1.29, 1.82) is 0 Å². The predicted octanol–water partition coefficient (Wildman–Crippen LogP) is 2.41. The number of anilines is 2. The van der Waals surface area contributed by atoms with Gasteiger partial charge in [-0.05, 0) is 31.2 Å². The first-order valence-corrected chi connectivity index (χ1v) is 6.19. The maximum Gasteiger partial charge on any atom is 0.165 e. The molecule has 0 fully saturated rings. The first kappa shape index (κ1) is 13.4. The normalized spacial score (nSPS) is 10.2. The first-order chi connectivity index (χ1) is 9.13. The van der Waals surface area contributed by atoms with E-state index >= 15 is 0 Å². The fourth-order valence-corrected chi connectivity index (χ4v) is 1.97. The third kappa shape index (κ3) is 2.85. The van der Waals surface area contributed by atoms with Crippen LogP contribution in [0.5, 0.6) is 0 Å². The molecular weight excluding hydrogens is 263 g/mol. The minimum atomic E-state index is -0.309. The number of aromatic nitrogens is 2. The molecule has 4 nitrogen and oxygen atoms in total. The summed E-state index contributed by atoms with van der Waals surface area (Å²) in [4.78, 5) is 2.05. The average molecular weight is 276 g/mol. The molecule has 0 aliphatic rings. The van der Waals surface area contributed by atoms with Crippen LogP contribution in [0.3, 0.4) is 0 Å². The van der Waals surface area contributed by atoms with Crippen LogP contribution >= 0.6 is 12.2 Å². The van der Waals surface area contributed by atoms with Crippen molar-refractivity contribution in [2.24, 2.45) is 5.73 Å². The van der Waals surface area contributed by atoms with Crippen molar-refractivity contribution in [3.63, 3.8) is 0 Å². The standard InChI is InChI=1S/C13H13FN4S/c1-2-18(10-5-3-4-9(14)8-10)13-11(12(15)19)6-7-16-17-13/h3-8H,2H2,1H3,(H2,15,19). The van der Waals surface area contributed by atoms with Crippen LogP contribution in [-0.4, -0.2) is 21.7 Å². The van der Waals surface area contributed by atoms with Crippen LogP contribution < -0.4 is 10.6 Å². The van der Waals surface area contributed by atoms with E-state index in [-0.39, 0.29) is 10.8 Å². The molecule has 6 heteroatoms. The molecule has 0 saturated heterocycles. The number of nitrogens with two attached hydrogens (primary N) is 1. The number of halogens is 1. The van der Waals surface area contributed by atoms with Gasteiger partial charge in [0.2, 0.25) is 0 Å². The lowest BCUT2D eigenvalue weighted by atomic mass is 10.2. The number of hydrogen-bond acceptors (Lipinski definition) is 4. The van der Waals surface area contributed by atoms with Crippen molar-refractivity contribution in [2.75, 3.05) is 11.4 Å². The summed E-state index contributed by atoms with van der Waals surface area (Å²) in [6, 6.07) is 7.96. The number of thiocarbonyl (C=S) groups is 1. The summed E-state index contributed by atoms with van der Waals surface area (Å²) in [5.74, 6) is 0.222. The lowest BCUT2D eigenvalue weighted by Crippen LogP contribution is -2.23. The SMILES string of the molecule is CCN(c1cccc(F)c1)c1nnccc1C(N)=S. The predicted molar refractivity (Wildman–Crippen MR) is 77.0 cm³/mol. The minimum Gasteiger partial charge on any atom is -0.389 e. The van der Waals surface area contributed by atoms with E-state index in [2.05, 4.69) is 10.2 Å². The Morgan fingerprint density at radius 2 is 2.21 bits per heavy atom. The minimum absolute atomic E-state index is 0.236. The fourth-order valence-electron chi connectivity index (χ4n) is 1.81. The zero-order valence-corrected chi connectivity index (χ0v) is 11.2. The largest absolute Gasteiger partial charge is 0.389 e. The molecular formula is C13H13FN4S. The van der Waals surface area contributed by atoms with E-state index in [1.165, 1.54) is 18.3 Å². The molecule has 2 rings (SSSR count). The molecule has 98 valence electrons. The molecule has 0 radical (unpaired) electrons. The Kier molecular flexibility index (Phi) is 4.01. The molecule has 1 heterocycles. The molecule has 0 bridgehead atoms. The summed E-state index contributed by atoms with van der Waals surface area (Å²) in [7, 11) is 0. The summed E-state index contributed by atoms with van der Waals surface area (Å²) >= 11 is 5.00. The summed E-state index contributed by atoms with van der Waals surface area (Å²) in [5.41, 5.74) is 6.98. The molecule has 1 aromatic carbocycles. The third-order valence-electron chi connectivity index (χ3n) is 2.66. The van der Waals surface area contributed by atoms with Crippen molar-refractivity contribution < 1.29 is 4.39 Å². The lowest BCUT2D eigenvalue weighted by molar-refractivity contribution is 0.627. The maximum atomic E-state index is 13.3. The van der Waals surface area contributed by atoms with Gasteiger partial charge >= 0.3 is 0 Å². The van der Waals surface area contributed by atoms with Crippen molar-refractivity contribution >= 4 is 28.7 Å². The van der Waals surface area contributed by atoms with Crippen LogP contribution in [0.1, 0.15) is 12.5 Å². The van der Waals surface area contributed by atoms with E-state index in [0.717, 1.165) is 0 Å². The number of benzene rings is 1. The van der Waals surface area contributed by atoms with Gasteiger partial charge in [-0.25, -0.2) is 4.39 Å². The fraction of sp³-hybridized carbons (Fsp3) is 0.154. The third-order valence-corrected chi connectivity index (χ3v) is 2.88. The zero-order valence-electron chi connectivity index (χ0n) is 10.4. The van der Waals surface area contributed by atoms with Crippen molar-refractivity contribution in [3.05, 3.63) is 47.9 Å². The number of nitrogens with zero attached hydrogens (tertiary/aromatic N) is 3. The van der Waals surface area contributed by atoms with Crippen molar-refractivity contribution in [3.8, 4) is 0 Å². The molecule has 19 heavy (non-hydrogen) atoms. The van der Waals surface area contributed by atoms with Gasteiger partial charge in [0.1, 0.15) is 10.8 Å². The van der Waals surface area contributed by atoms with Gasteiger partial charge in [0.05, 0.1) is 11.8 Å². The Hall–Kier alpha value is -2.08. The molecule has 0 unspecified atom stereocenters. The van der Waals surface area contributed by atoms with Crippen LogP contribution in [0.15, 0.2) is 36.5 Å². The molecule has 0 atom stereocenters. The van der Waals surface area contributed by atoms with Crippen LogP contribution in [0, 0.1) is 5.82 Å². The Morgan fingerprint density at radius 3 is 2.84 bits per heavy atom. The van der Waals surface area contributed by atoms with E-state index < -0.39 is 0 Å². The molecule has 0 aliphatic carbocycles. The second-order valence-corrected chi connectivity index (χ2v) is 4.30. The van der Waals surface area contributed by atoms with E-state index in [1.54, 1.807) is 18.2 Å². The van der Waals surface area contributed by atoms with Crippen LogP contribution in [0.2, 0.25) is 0 Å². The Labute approximate surface area is 116 Å². The highest BCUT2D eigenvalue weighted by Gasteiger charge is 2.15. The number of rotatable bonds is 4. The summed E-state index contributed by atoms with van der Waals surface area (Å²) in [6.07, 6.45) is 1.53. The smallest absolute Gasteiger partial charge is 0.165 e. The van der Waals surface area contributed by atoms with E-state index in [1.807, 2.05) is 11.8 Å². The Bertz CT molecular complexity index is 603. The van der Waals surface area contributed by atoms with E-state index in [9.17, 15) is 4.39 Å². The summed E-state index contributed by atoms with van der Waals surface area (Å²) in [6.45, 7) is 2.53. The van der Waals surface area contributed by atoms with Crippen molar-refractivity contribution in [2.45, 2.75) is 6.92 Å². The van der Waals surface area contributed by atoms with Crippen LogP contribution in [0.25, 0.3) is 0 Å². The van der Waals surface area contributed by atoms with Crippen LogP contribution in [0.4, 0.5) is 15.9 Å². The van der Waals surface area contributed by atoms with E-state index in [4.69, 9.17) is 18.0 Å². The van der Waals surface area contributed by atoms with Gasteiger partial charge in [0, 0.05) is 12.2 Å². The Balaban J connectivity index is 2.51. The Morgan fingerprint density at radius 1 is 1.42 bits per heavy atom. The first-order valence-electron chi connectivity index (χ1n) is 5.78. The maximum absolute atomic E-state index is 13.3. The molecule has 0 spiro atoms. The quantitative estimate of drug-likeness (QED) is 0.869. The highest BCUT2D eigenvalue weighted by molar-refractivity contribution is 7.80. The molecule has 0 amide bonds. The summed E-state index contributed by atoms with van der Waals surface area (Å²) < 4.78 is 13.3. The van der Waals surface area contributed by atoms with E-state index in [0.29, 0.717) is 23.6 Å². The molecule has 2 N–H and O–H groups in total. The van der Waals surface area contributed by atoms with Gasteiger partial charge in [0.15, 0.2) is 5.82 Å². The second-order valence-electron chi connectivity index (χ2n) is 3.86. The lowest BCUT2D eigenvalue weighted by Gasteiger charge is -2.23. The van der Waals surface area contributed by atoms with Gasteiger partial charge < -0.3 is 10.6 Å². The topological polar surface area (TPSA) is 55.0 Å². The highest BCUT2D eigenvalue weighted by atomic mass is 32.1. The van der Waals surface area contributed by atoms with Gasteiger partial charge in [-0.1, -0.05) is 18.3 Å². The summed E-state index contributed by atoms with van der Waals surface area (Å²) in [5, 5.41) is 7.91. The van der Waals surface area contributed by atoms with Crippen LogP contribution in [-0.2, 0) is 0 Å². The van der Waals surface area contributed by atoms with Gasteiger partial charge in [-0.15, -0.1) is 5.10 Å². The molecule has 0 saturated carbocycles. The molecule has 0 aliphatic heterocycles. The average Bonchev–Trinajstić information content (AvgIpc) is 2.40. The van der Waals surface area contributed by atoms with Gasteiger partial charge in [-0.3, -0.25) is 0 Å². The molecule has 2 aromatic rings. The van der Waals surface area contributed by atoms with Crippen molar-refractivity contribution in [1.82, 2.24) is 10.2 Å². The highest BCUT2D eigenvalue weighted by Crippen LogP contribution is 2.26. The second kappa shape index (κ2) is 5.71. The zero-order chi connectivity index (χ0) is 13.8. The number of hydrogen-bond donors (Lipinski definition) is 1. The van der Waals surface area contributed by atoms with Gasteiger partial charge in [-0.2, -0.15) is 5.10 Å². The van der Waals surface area contributed by atoms with Gasteiger partial charge in [0.25, 0.3) is 0 Å². The monoisotopic (exact) mass is 276 g/mol. The molecule has 1 aromatic heterocycles.